The lowest BCUT2D eigenvalue weighted by Crippen LogP contribution is -2.65. The van der Waals surface area contributed by atoms with Gasteiger partial charge in [0.05, 0.1) is 11.6 Å². The van der Waals surface area contributed by atoms with Crippen LogP contribution in [-0.2, 0) is 20.8 Å². The first-order valence-corrected chi connectivity index (χ1v) is 13.4. The molecular formula is C32H28N2O8. The number of phenolic OH excluding ortho intramolecular Hbond substituents is 1. The predicted molar refractivity (Wildman–Crippen MR) is 153 cm³/mol. The fraction of sp³-hybridized carbons (Fsp3) is 0.250. The molecule has 0 unspecified atom stereocenters. The van der Waals surface area contributed by atoms with Crippen molar-refractivity contribution >= 4 is 40.3 Å². The summed E-state index contributed by atoms with van der Waals surface area (Å²) in [6.07, 6.45) is 0.919. The zero-order chi connectivity index (χ0) is 30.2. The van der Waals surface area contributed by atoms with Crippen molar-refractivity contribution in [2.24, 2.45) is 17.6 Å². The molecule has 0 bridgehead atoms. The maximum absolute atomic E-state index is 14.0. The van der Waals surface area contributed by atoms with E-state index in [-0.39, 0.29) is 29.7 Å². The molecular weight excluding hydrogens is 540 g/mol. The van der Waals surface area contributed by atoms with Gasteiger partial charge in [0.25, 0.3) is 5.91 Å². The number of aliphatic hydroxyl groups excluding tert-OH is 2. The summed E-state index contributed by atoms with van der Waals surface area (Å²) >= 11 is 0. The number of aliphatic hydroxyl groups is 3. The molecule has 10 nitrogen and oxygen atoms in total. The molecule has 4 atom stereocenters. The number of ketones is 2. The number of carbonyl (C=O) groups is 4. The molecule has 3 aromatic carbocycles. The number of fused-ring (bicyclic) bond motifs is 4. The van der Waals surface area contributed by atoms with E-state index in [1.165, 1.54) is 11.0 Å². The number of Topliss-reactive ketones (excluding diaryl/α,β-unsaturated/α-hetero) is 2. The number of rotatable bonds is 4. The van der Waals surface area contributed by atoms with E-state index in [0.29, 0.717) is 16.7 Å². The minimum atomic E-state index is -2.70. The van der Waals surface area contributed by atoms with Gasteiger partial charge in [0.2, 0.25) is 5.78 Å². The van der Waals surface area contributed by atoms with E-state index < -0.39 is 58.0 Å². The van der Waals surface area contributed by atoms with E-state index in [4.69, 9.17) is 5.73 Å². The second-order valence-electron chi connectivity index (χ2n) is 11.3. The van der Waals surface area contributed by atoms with Crippen molar-refractivity contribution in [3.8, 4) is 16.9 Å². The van der Waals surface area contributed by atoms with Gasteiger partial charge in [-0.25, -0.2) is 0 Å². The normalized spacial score (nSPS) is 25.4. The zero-order valence-electron chi connectivity index (χ0n) is 22.8. The van der Waals surface area contributed by atoms with E-state index in [1.807, 2.05) is 24.3 Å². The Morgan fingerprint density at radius 3 is 2.31 bits per heavy atom. The van der Waals surface area contributed by atoms with Crippen molar-refractivity contribution < 1.29 is 39.6 Å². The molecule has 3 aliphatic carbocycles. The molecule has 0 saturated heterocycles. The molecule has 6 N–H and O–H groups in total. The molecule has 3 aromatic rings. The van der Waals surface area contributed by atoms with E-state index in [9.17, 15) is 39.6 Å². The largest absolute Gasteiger partial charge is 0.508 e. The van der Waals surface area contributed by atoms with Crippen LogP contribution in [-0.4, -0.2) is 74.8 Å². The Morgan fingerprint density at radius 1 is 1.00 bits per heavy atom. The smallest absolute Gasteiger partial charge is 0.255 e. The molecule has 214 valence electrons. The van der Waals surface area contributed by atoms with E-state index in [2.05, 4.69) is 0 Å². The van der Waals surface area contributed by atoms with Gasteiger partial charge in [-0.1, -0.05) is 42.5 Å². The lowest BCUT2D eigenvalue weighted by molar-refractivity contribution is -0.153. The summed E-state index contributed by atoms with van der Waals surface area (Å²) in [5.74, 6) is -6.99. The monoisotopic (exact) mass is 568 g/mol. The standard InChI is InChI=1S/C32H28N2O8/c1-34(2)26-21-12-15-11-20-19(18-8-7-14(13-35)16-5-3-4-6-17(16)18)9-10-22(36)24(20)27(37)23(15)29(39)32(21,42)30(40)25(28(26)38)31(33)41/h3-10,13,15,21,26,36-37,40,42H,11-12H2,1-2H3,(H2,33,41)/t15-,21-,26-,32-/m1/s1. The third-order valence-corrected chi connectivity index (χ3v) is 8.98. The average Bonchev–Trinajstić information content (AvgIpc) is 2.94. The van der Waals surface area contributed by atoms with Crippen LogP contribution in [0, 0.1) is 11.8 Å². The van der Waals surface area contributed by atoms with Gasteiger partial charge in [0.1, 0.15) is 22.8 Å². The van der Waals surface area contributed by atoms with E-state index >= 15 is 0 Å². The summed E-state index contributed by atoms with van der Waals surface area (Å²) in [6, 6.07) is 12.8. The molecule has 42 heavy (non-hydrogen) atoms. The maximum atomic E-state index is 14.0. The van der Waals surface area contributed by atoms with Crippen molar-refractivity contribution in [3.05, 3.63) is 82.1 Å². The summed E-state index contributed by atoms with van der Waals surface area (Å²) in [6.45, 7) is 0. The van der Waals surface area contributed by atoms with Crippen molar-refractivity contribution in [1.29, 1.82) is 0 Å². The van der Waals surface area contributed by atoms with E-state index in [0.717, 1.165) is 22.6 Å². The molecule has 0 aliphatic heterocycles. The van der Waals surface area contributed by atoms with Crippen molar-refractivity contribution in [2.45, 2.75) is 24.5 Å². The van der Waals surface area contributed by atoms with Crippen molar-refractivity contribution in [1.82, 2.24) is 4.90 Å². The molecule has 0 spiro atoms. The fourth-order valence-corrected chi connectivity index (χ4v) is 7.16. The summed E-state index contributed by atoms with van der Waals surface area (Å²) in [5.41, 5.74) is 4.08. The number of aromatic hydroxyl groups is 1. The highest BCUT2D eigenvalue weighted by Crippen LogP contribution is 2.54. The van der Waals surface area contributed by atoms with Crippen LogP contribution >= 0.6 is 0 Å². The van der Waals surface area contributed by atoms with Crippen LogP contribution < -0.4 is 5.73 Å². The first-order valence-electron chi connectivity index (χ1n) is 13.4. The number of hydrogen-bond acceptors (Lipinski definition) is 9. The third kappa shape index (κ3) is 3.52. The van der Waals surface area contributed by atoms with Crippen LogP contribution in [0.4, 0.5) is 0 Å². The molecule has 6 rings (SSSR count). The number of likely N-dealkylation sites (N-methyl/N-ethyl adjacent to an activating group) is 1. The van der Waals surface area contributed by atoms with Gasteiger partial charge < -0.3 is 26.2 Å². The van der Waals surface area contributed by atoms with E-state index in [1.54, 1.807) is 32.3 Å². The minimum absolute atomic E-state index is 0.00679. The minimum Gasteiger partial charge on any atom is -0.508 e. The van der Waals surface area contributed by atoms with Crippen LogP contribution in [0.15, 0.2) is 65.4 Å². The highest BCUT2D eigenvalue weighted by Gasteiger charge is 2.64. The molecule has 1 fully saturated rings. The highest BCUT2D eigenvalue weighted by atomic mass is 16.3. The molecule has 10 heteroatoms. The first-order chi connectivity index (χ1) is 19.9. The third-order valence-electron chi connectivity index (χ3n) is 8.98. The Hall–Kier alpha value is -4.80. The number of hydrogen-bond donors (Lipinski definition) is 5. The van der Waals surface area contributed by atoms with Gasteiger partial charge in [-0.2, -0.15) is 0 Å². The average molecular weight is 569 g/mol. The van der Waals surface area contributed by atoms with Gasteiger partial charge in [0, 0.05) is 17.1 Å². The van der Waals surface area contributed by atoms with Gasteiger partial charge in [-0.05, 0) is 66.4 Å². The molecule has 1 saturated carbocycles. The van der Waals surface area contributed by atoms with Gasteiger partial charge in [0.15, 0.2) is 17.7 Å². The molecule has 3 aliphatic rings. The second-order valence-corrected chi connectivity index (χ2v) is 11.3. The Labute approximate surface area is 240 Å². The second kappa shape index (κ2) is 9.37. The Kier molecular flexibility index (Phi) is 6.10. The zero-order valence-corrected chi connectivity index (χ0v) is 22.8. The summed E-state index contributed by atoms with van der Waals surface area (Å²) < 4.78 is 0. The lowest BCUT2D eigenvalue weighted by atomic mass is 9.57. The van der Waals surface area contributed by atoms with Crippen molar-refractivity contribution in [3.63, 3.8) is 0 Å². The van der Waals surface area contributed by atoms with Crippen LogP contribution in [0.5, 0.6) is 5.75 Å². The number of phenols is 1. The van der Waals surface area contributed by atoms with Crippen LogP contribution in [0.25, 0.3) is 27.7 Å². The predicted octanol–water partition coefficient (Wildman–Crippen LogP) is 2.60. The van der Waals surface area contributed by atoms with Crippen molar-refractivity contribution in [2.75, 3.05) is 14.1 Å². The molecule has 0 radical (unpaired) electrons. The Morgan fingerprint density at radius 2 is 1.67 bits per heavy atom. The number of nitrogens with zero attached hydrogens (tertiary/aromatic N) is 1. The first kappa shape index (κ1) is 27.4. The molecule has 1 amide bonds. The number of aldehydes is 1. The Balaban J connectivity index is 1.59. The number of amides is 1. The summed E-state index contributed by atoms with van der Waals surface area (Å²) in [5, 5.41) is 46.7. The molecule has 0 heterocycles. The quantitative estimate of drug-likeness (QED) is 0.234. The summed E-state index contributed by atoms with van der Waals surface area (Å²) in [7, 11) is 3.11. The Bertz CT molecular complexity index is 1820. The maximum Gasteiger partial charge on any atom is 0.255 e. The summed E-state index contributed by atoms with van der Waals surface area (Å²) in [4.78, 5) is 52.7. The fourth-order valence-electron chi connectivity index (χ4n) is 7.16. The number of carbonyl (C=O) groups excluding carboxylic acids is 4. The lowest BCUT2D eigenvalue weighted by Gasteiger charge is -2.50. The highest BCUT2D eigenvalue weighted by molar-refractivity contribution is 6.24. The van der Waals surface area contributed by atoms with Crippen LogP contribution in [0.3, 0.4) is 0 Å². The topological polar surface area (TPSA) is 178 Å². The van der Waals surface area contributed by atoms with Crippen LogP contribution in [0.2, 0.25) is 0 Å². The van der Waals surface area contributed by atoms with Gasteiger partial charge >= 0.3 is 0 Å². The number of nitrogens with two attached hydrogens (primary N) is 1. The molecule has 0 aromatic heterocycles. The van der Waals surface area contributed by atoms with Gasteiger partial charge in [-0.3, -0.25) is 24.1 Å². The van der Waals surface area contributed by atoms with Crippen LogP contribution in [0.1, 0.15) is 27.9 Å². The SMILES string of the molecule is CN(C)[C@H]1C(=O)C(C(N)=O)=C(O)[C@]2(O)C(=O)C3=C(O)c4c(O)ccc(-c5ccc(C=O)c6ccccc56)c4C[C@@H]3C[C@H]12. The number of primary amides is 1. The number of benzene rings is 3. The van der Waals surface area contributed by atoms with Gasteiger partial charge in [-0.15, -0.1) is 0 Å².